The van der Waals surface area contributed by atoms with E-state index in [9.17, 15) is 8.42 Å². The molecule has 9 heteroatoms. The van der Waals surface area contributed by atoms with Gasteiger partial charge in [0, 0.05) is 30.5 Å². The molecule has 2 aromatic heterocycles. The van der Waals surface area contributed by atoms with E-state index in [2.05, 4.69) is 25.2 Å². The van der Waals surface area contributed by atoms with Gasteiger partial charge in [-0.15, -0.1) is 0 Å². The second kappa shape index (κ2) is 6.42. The highest BCUT2D eigenvalue weighted by atomic mass is 35.5. The van der Waals surface area contributed by atoms with Gasteiger partial charge in [-0.1, -0.05) is 11.6 Å². The van der Waals surface area contributed by atoms with E-state index >= 15 is 0 Å². The van der Waals surface area contributed by atoms with Crippen molar-refractivity contribution in [3.05, 3.63) is 34.7 Å². The Labute approximate surface area is 128 Å². The second-order valence-corrected chi connectivity index (χ2v) is 6.55. The first-order valence-corrected chi connectivity index (χ1v) is 8.18. The van der Waals surface area contributed by atoms with Crippen LogP contribution in [0.5, 0.6) is 0 Å². The molecule has 114 valence electrons. The number of halogens is 1. The number of H-pyrrole nitrogens is 1. The summed E-state index contributed by atoms with van der Waals surface area (Å²) in [4.78, 5) is 4.04. The van der Waals surface area contributed by atoms with E-state index in [1.54, 1.807) is 6.20 Å². The fraction of sp³-hybridized carbons (Fsp3) is 0.333. The monoisotopic (exact) mass is 329 g/mol. The van der Waals surface area contributed by atoms with Crippen molar-refractivity contribution in [3.63, 3.8) is 0 Å². The zero-order valence-electron chi connectivity index (χ0n) is 11.6. The van der Waals surface area contributed by atoms with Crippen LogP contribution >= 0.6 is 11.6 Å². The molecule has 0 amide bonds. The molecule has 0 atom stereocenters. The van der Waals surface area contributed by atoms with E-state index in [1.165, 1.54) is 12.3 Å². The SMILES string of the molecule is CCNc1ncc(S(=O)(=O)NCc2cn[nH]c2C)cc1Cl. The quantitative estimate of drug-likeness (QED) is 0.748. The third-order valence-corrected chi connectivity index (χ3v) is 4.51. The Bertz CT molecular complexity index is 729. The summed E-state index contributed by atoms with van der Waals surface area (Å²) < 4.78 is 26.9. The summed E-state index contributed by atoms with van der Waals surface area (Å²) >= 11 is 6.01. The fourth-order valence-electron chi connectivity index (χ4n) is 1.67. The molecular weight excluding hydrogens is 314 g/mol. The van der Waals surface area contributed by atoms with Crippen molar-refractivity contribution >= 4 is 27.4 Å². The highest BCUT2D eigenvalue weighted by Gasteiger charge is 2.17. The first-order valence-electron chi connectivity index (χ1n) is 6.32. The number of aromatic nitrogens is 3. The molecule has 2 rings (SSSR count). The van der Waals surface area contributed by atoms with E-state index in [1.807, 2.05) is 13.8 Å². The lowest BCUT2D eigenvalue weighted by Gasteiger charge is -2.09. The van der Waals surface area contributed by atoms with Crippen LogP contribution < -0.4 is 10.0 Å². The molecule has 0 unspecified atom stereocenters. The number of pyridine rings is 1. The molecule has 0 radical (unpaired) electrons. The highest BCUT2D eigenvalue weighted by molar-refractivity contribution is 7.89. The summed E-state index contributed by atoms with van der Waals surface area (Å²) in [5.41, 5.74) is 1.60. The zero-order valence-corrected chi connectivity index (χ0v) is 13.2. The summed E-state index contributed by atoms with van der Waals surface area (Å²) in [6.07, 6.45) is 2.85. The van der Waals surface area contributed by atoms with Gasteiger partial charge in [0.05, 0.1) is 11.2 Å². The van der Waals surface area contributed by atoms with Gasteiger partial charge in [0.25, 0.3) is 0 Å². The van der Waals surface area contributed by atoms with Crippen LogP contribution in [0.4, 0.5) is 5.82 Å². The first kappa shape index (κ1) is 15.7. The number of sulfonamides is 1. The molecule has 0 spiro atoms. The molecular formula is C12H16ClN5O2S. The second-order valence-electron chi connectivity index (χ2n) is 4.38. The van der Waals surface area contributed by atoms with Crippen LogP contribution in [0.1, 0.15) is 18.2 Å². The average molecular weight is 330 g/mol. The molecule has 7 nitrogen and oxygen atoms in total. The number of nitrogens with one attached hydrogen (secondary N) is 3. The Morgan fingerprint density at radius 2 is 2.14 bits per heavy atom. The van der Waals surface area contributed by atoms with Crippen LogP contribution in [-0.4, -0.2) is 30.1 Å². The lowest BCUT2D eigenvalue weighted by Crippen LogP contribution is -2.23. The molecule has 0 aliphatic carbocycles. The van der Waals surface area contributed by atoms with Crippen LogP contribution in [0.2, 0.25) is 5.02 Å². The van der Waals surface area contributed by atoms with Gasteiger partial charge in [-0.05, 0) is 19.9 Å². The van der Waals surface area contributed by atoms with Crippen molar-refractivity contribution in [2.24, 2.45) is 0 Å². The van der Waals surface area contributed by atoms with E-state index in [4.69, 9.17) is 11.6 Å². The lowest BCUT2D eigenvalue weighted by atomic mass is 10.3. The predicted octanol–water partition coefficient (Wildman–Crippen LogP) is 1.68. The minimum atomic E-state index is -3.67. The van der Waals surface area contributed by atoms with Gasteiger partial charge in [-0.25, -0.2) is 18.1 Å². The van der Waals surface area contributed by atoms with E-state index in [0.29, 0.717) is 12.4 Å². The van der Waals surface area contributed by atoms with Gasteiger partial charge in [-0.2, -0.15) is 5.10 Å². The zero-order chi connectivity index (χ0) is 15.5. The number of hydrogen-bond acceptors (Lipinski definition) is 5. The molecule has 0 saturated heterocycles. The maximum atomic E-state index is 12.2. The standard InChI is InChI=1S/C12H16ClN5O2S/c1-3-14-12-11(13)4-10(7-15-12)21(19,20)17-6-9-5-16-18-8(9)2/h4-5,7,17H,3,6H2,1-2H3,(H,14,15)(H,16,18). The average Bonchev–Trinajstić information content (AvgIpc) is 2.84. The maximum Gasteiger partial charge on any atom is 0.242 e. The van der Waals surface area contributed by atoms with Crippen LogP contribution in [0.3, 0.4) is 0 Å². The number of rotatable bonds is 6. The molecule has 0 aliphatic heterocycles. The molecule has 0 fully saturated rings. The summed E-state index contributed by atoms with van der Waals surface area (Å²) in [7, 11) is -3.67. The summed E-state index contributed by atoms with van der Waals surface area (Å²) in [5, 5.41) is 9.80. The van der Waals surface area contributed by atoms with E-state index in [-0.39, 0.29) is 16.5 Å². The van der Waals surface area contributed by atoms with Crippen LogP contribution in [0.15, 0.2) is 23.4 Å². The van der Waals surface area contributed by atoms with Gasteiger partial charge in [0.1, 0.15) is 10.7 Å². The van der Waals surface area contributed by atoms with Crippen LogP contribution in [0.25, 0.3) is 0 Å². The number of aryl methyl sites for hydroxylation is 1. The predicted molar refractivity (Wildman–Crippen MR) is 80.8 cm³/mol. The maximum absolute atomic E-state index is 12.2. The third kappa shape index (κ3) is 3.72. The van der Waals surface area contributed by atoms with Crippen LogP contribution in [-0.2, 0) is 16.6 Å². The highest BCUT2D eigenvalue weighted by Crippen LogP contribution is 2.22. The molecule has 0 bridgehead atoms. The van der Waals surface area contributed by atoms with Crippen molar-refractivity contribution in [3.8, 4) is 0 Å². The van der Waals surface area contributed by atoms with Crippen molar-refractivity contribution < 1.29 is 8.42 Å². The summed E-state index contributed by atoms with van der Waals surface area (Å²) in [6.45, 7) is 4.52. The van der Waals surface area contributed by atoms with Gasteiger partial charge in [-0.3, -0.25) is 5.10 Å². The smallest absolute Gasteiger partial charge is 0.242 e. The Morgan fingerprint density at radius 1 is 1.38 bits per heavy atom. The fourth-order valence-corrected chi connectivity index (χ4v) is 2.95. The Kier molecular flexibility index (Phi) is 4.81. The number of aromatic amines is 1. The number of anilines is 1. The normalized spacial score (nSPS) is 11.6. The van der Waals surface area contributed by atoms with Gasteiger partial charge in [0.15, 0.2) is 0 Å². The van der Waals surface area contributed by atoms with Crippen molar-refractivity contribution in [2.75, 3.05) is 11.9 Å². The Morgan fingerprint density at radius 3 is 2.71 bits per heavy atom. The molecule has 3 N–H and O–H groups in total. The van der Waals surface area contributed by atoms with Gasteiger partial charge in [0.2, 0.25) is 10.0 Å². The van der Waals surface area contributed by atoms with Crippen molar-refractivity contribution in [1.29, 1.82) is 0 Å². The van der Waals surface area contributed by atoms with Crippen molar-refractivity contribution in [1.82, 2.24) is 19.9 Å². The van der Waals surface area contributed by atoms with Crippen LogP contribution in [0, 0.1) is 6.92 Å². The molecule has 2 heterocycles. The molecule has 0 saturated carbocycles. The topological polar surface area (TPSA) is 99.8 Å². The minimum Gasteiger partial charge on any atom is -0.369 e. The molecule has 2 aromatic rings. The molecule has 0 aromatic carbocycles. The van der Waals surface area contributed by atoms with Crippen molar-refractivity contribution in [2.45, 2.75) is 25.3 Å². The minimum absolute atomic E-state index is 0.0234. The van der Waals surface area contributed by atoms with Gasteiger partial charge < -0.3 is 5.32 Å². The summed E-state index contributed by atoms with van der Waals surface area (Å²) in [5.74, 6) is 0.462. The van der Waals surface area contributed by atoms with Gasteiger partial charge >= 0.3 is 0 Å². The first-order chi connectivity index (χ1) is 9.94. The molecule has 21 heavy (non-hydrogen) atoms. The van der Waals surface area contributed by atoms with E-state index < -0.39 is 10.0 Å². The van der Waals surface area contributed by atoms with E-state index in [0.717, 1.165) is 11.3 Å². The number of nitrogens with zero attached hydrogens (tertiary/aromatic N) is 2. The Hall–Kier alpha value is -1.64. The lowest BCUT2D eigenvalue weighted by molar-refractivity contribution is 0.581. The largest absolute Gasteiger partial charge is 0.369 e. The molecule has 0 aliphatic rings. The summed E-state index contributed by atoms with van der Waals surface area (Å²) in [6, 6.07) is 1.37. The third-order valence-electron chi connectivity index (χ3n) is 2.86. The number of hydrogen-bond donors (Lipinski definition) is 3. The Balaban J connectivity index is 2.16.